The molecule has 22 heavy (non-hydrogen) atoms. The predicted octanol–water partition coefficient (Wildman–Crippen LogP) is 4.75. The number of benzene rings is 2. The van der Waals surface area contributed by atoms with Crippen molar-refractivity contribution in [3.63, 3.8) is 0 Å². The zero-order valence-electron chi connectivity index (χ0n) is 12.5. The van der Waals surface area contributed by atoms with Gasteiger partial charge in [-0.05, 0) is 18.6 Å². The monoisotopic (exact) mass is 290 g/mol. The highest BCUT2D eigenvalue weighted by atomic mass is 16.3. The van der Waals surface area contributed by atoms with E-state index < -0.39 is 0 Å². The van der Waals surface area contributed by atoms with Crippen LogP contribution in [0.25, 0.3) is 0 Å². The van der Waals surface area contributed by atoms with E-state index in [1.54, 1.807) is 6.26 Å². The fourth-order valence-corrected chi connectivity index (χ4v) is 2.44. The van der Waals surface area contributed by atoms with Gasteiger partial charge in [-0.25, -0.2) is 0 Å². The van der Waals surface area contributed by atoms with Crippen molar-refractivity contribution in [1.82, 2.24) is 0 Å². The lowest BCUT2D eigenvalue weighted by atomic mass is 10.0. The molecule has 2 heteroatoms. The van der Waals surface area contributed by atoms with Gasteiger partial charge in [-0.15, -0.1) is 0 Å². The van der Waals surface area contributed by atoms with Gasteiger partial charge < -0.3 is 4.42 Å². The van der Waals surface area contributed by atoms with Gasteiger partial charge in [-0.1, -0.05) is 60.7 Å². The van der Waals surface area contributed by atoms with Crippen LogP contribution in [0.3, 0.4) is 0 Å². The standard InChI is InChI=1S/C20H19NO/c1-3-9-17(10-4-1)20(18-11-5-2-6-12-18)21-15-7-13-19-14-8-16-22-19/h1-6,8-12,14,16H,7,13,15H2/i21+1. The molecule has 0 unspecified atom stereocenters. The van der Waals surface area contributed by atoms with Gasteiger partial charge in [0.05, 0.1) is 12.0 Å². The molecule has 3 aromatic rings. The SMILES string of the molecule is c1ccc(C(=[15N]CCCc2ccco2)c2ccccc2)cc1. The van der Waals surface area contributed by atoms with Gasteiger partial charge in [0.15, 0.2) is 0 Å². The van der Waals surface area contributed by atoms with E-state index in [4.69, 9.17) is 9.41 Å². The van der Waals surface area contributed by atoms with E-state index in [2.05, 4.69) is 48.5 Å². The van der Waals surface area contributed by atoms with Crippen LogP contribution in [0.1, 0.15) is 23.3 Å². The molecule has 0 fully saturated rings. The highest BCUT2D eigenvalue weighted by Crippen LogP contribution is 2.12. The lowest BCUT2D eigenvalue weighted by molar-refractivity contribution is 0.503. The van der Waals surface area contributed by atoms with Crippen molar-refractivity contribution in [3.05, 3.63) is 95.9 Å². The van der Waals surface area contributed by atoms with E-state index >= 15 is 0 Å². The first kappa shape index (κ1) is 14.3. The van der Waals surface area contributed by atoms with E-state index in [-0.39, 0.29) is 0 Å². The number of furan rings is 1. The van der Waals surface area contributed by atoms with Crippen LogP contribution in [-0.2, 0) is 6.42 Å². The van der Waals surface area contributed by atoms with E-state index in [0.29, 0.717) is 0 Å². The molecular weight excluding hydrogens is 271 g/mol. The van der Waals surface area contributed by atoms with Crippen molar-refractivity contribution in [1.29, 1.82) is 0 Å². The Balaban J connectivity index is 1.75. The molecule has 0 amide bonds. The van der Waals surface area contributed by atoms with Crippen LogP contribution in [0.5, 0.6) is 0 Å². The van der Waals surface area contributed by atoms with E-state index in [9.17, 15) is 0 Å². The fraction of sp³-hybridized carbons (Fsp3) is 0.150. The van der Waals surface area contributed by atoms with Gasteiger partial charge in [-0.3, -0.25) is 4.99 Å². The van der Waals surface area contributed by atoms with Crippen LogP contribution in [-0.4, -0.2) is 12.3 Å². The number of nitrogens with zero attached hydrogens (tertiary/aromatic N) is 1. The topological polar surface area (TPSA) is 25.5 Å². The lowest BCUT2D eigenvalue weighted by Gasteiger charge is -2.07. The van der Waals surface area contributed by atoms with Crippen molar-refractivity contribution in [3.8, 4) is 0 Å². The molecule has 2 aromatic carbocycles. The molecule has 0 radical (unpaired) electrons. The molecule has 0 aliphatic rings. The summed E-state index contributed by atoms with van der Waals surface area (Å²) in [6.45, 7) is 0.791. The third kappa shape index (κ3) is 3.73. The van der Waals surface area contributed by atoms with Crippen molar-refractivity contribution < 1.29 is 4.42 Å². The Morgan fingerprint density at radius 2 is 1.41 bits per heavy atom. The average molecular weight is 290 g/mol. The number of aliphatic imine (C=N–C) groups is 1. The highest BCUT2D eigenvalue weighted by molar-refractivity contribution is 6.12. The summed E-state index contributed by atoms with van der Waals surface area (Å²) in [6, 6.07) is 24.6. The summed E-state index contributed by atoms with van der Waals surface area (Å²) < 4.78 is 5.36. The molecule has 0 spiro atoms. The molecule has 3 rings (SSSR count). The van der Waals surface area contributed by atoms with Gasteiger partial charge in [0.2, 0.25) is 0 Å². The van der Waals surface area contributed by atoms with Crippen LogP contribution in [0.15, 0.2) is 88.5 Å². The summed E-state index contributed by atoms with van der Waals surface area (Å²) in [7, 11) is 0. The van der Waals surface area contributed by atoms with Crippen LogP contribution < -0.4 is 0 Å². The van der Waals surface area contributed by atoms with Crippen LogP contribution in [0, 0.1) is 0 Å². The van der Waals surface area contributed by atoms with Gasteiger partial charge in [0.25, 0.3) is 0 Å². The van der Waals surface area contributed by atoms with Crippen LogP contribution >= 0.6 is 0 Å². The number of rotatable bonds is 6. The molecule has 2 nitrogen and oxygen atoms in total. The number of aryl methyl sites for hydroxylation is 1. The second-order valence-corrected chi connectivity index (χ2v) is 5.15. The Labute approximate surface area is 131 Å². The first-order valence-corrected chi connectivity index (χ1v) is 7.61. The predicted molar refractivity (Wildman–Crippen MR) is 90.4 cm³/mol. The maximum absolute atomic E-state index is 5.36. The summed E-state index contributed by atoms with van der Waals surface area (Å²) >= 11 is 0. The summed E-state index contributed by atoms with van der Waals surface area (Å²) in [5.41, 5.74) is 3.37. The maximum atomic E-state index is 5.36. The highest BCUT2D eigenvalue weighted by Gasteiger charge is 2.05. The van der Waals surface area contributed by atoms with Gasteiger partial charge in [0, 0.05) is 24.1 Å². The molecule has 0 aliphatic heterocycles. The number of hydrogen-bond acceptors (Lipinski definition) is 2. The lowest BCUT2D eigenvalue weighted by Crippen LogP contribution is -2.04. The zero-order valence-corrected chi connectivity index (χ0v) is 12.5. The summed E-state index contributed by atoms with van der Waals surface area (Å²) in [5.74, 6) is 1.02. The smallest absolute Gasteiger partial charge is 0.103 e. The minimum absolute atomic E-state index is 0.791. The molecule has 0 bridgehead atoms. The third-order valence-corrected chi connectivity index (χ3v) is 3.53. The quantitative estimate of drug-likeness (QED) is 0.365. The zero-order chi connectivity index (χ0) is 15.0. The summed E-state index contributed by atoms with van der Waals surface area (Å²) in [4.78, 5) is 4.84. The maximum Gasteiger partial charge on any atom is 0.103 e. The first-order chi connectivity index (χ1) is 10.9. The Kier molecular flexibility index (Phi) is 4.83. The third-order valence-electron chi connectivity index (χ3n) is 3.53. The molecule has 0 saturated carbocycles. The molecule has 110 valence electrons. The van der Waals surface area contributed by atoms with Crippen LogP contribution in [0.4, 0.5) is 0 Å². The fourth-order valence-electron chi connectivity index (χ4n) is 2.44. The van der Waals surface area contributed by atoms with Crippen molar-refractivity contribution >= 4 is 5.71 Å². The minimum atomic E-state index is 0.791. The first-order valence-electron chi connectivity index (χ1n) is 7.61. The van der Waals surface area contributed by atoms with Crippen molar-refractivity contribution in [2.45, 2.75) is 12.8 Å². The second-order valence-electron chi connectivity index (χ2n) is 5.15. The van der Waals surface area contributed by atoms with E-state index in [1.807, 2.05) is 24.3 Å². The Morgan fingerprint density at radius 3 is 1.95 bits per heavy atom. The average Bonchev–Trinajstić information content (AvgIpc) is 3.10. The second kappa shape index (κ2) is 7.41. The van der Waals surface area contributed by atoms with Gasteiger partial charge in [0.1, 0.15) is 5.76 Å². The Bertz CT molecular complexity index is 658. The number of hydrogen-bond donors (Lipinski definition) is 0. The Hall–Kier alpha value is -2.61. The molecular formula is C20H19NO. The Morgan fingerprint density at radius 1 is 0.773 bits per heavy atom. The summed E-state index contributed by atoms with van der Waals surface area (Å²) in [5, 5.41) is 0. The molecule has 0 aliphatic carbocycles. The minimum Gasteiger partial charge on any atom is -0.469 e. The van der Waals surface area contributed by atoms with E-state index in [0.717, 1.165) is 42.0 Å². The largest absolute Gasteiger partial charge is 0.469 e. The van der Waals surface area contributed by atoms with E-state index in [1.165, 1.54) is 0 Å². The van der Waals surface area contributed by atoms with Crippen molar-refractivity contribution in [2.24, 2.45) is 4.99 Å². The molecule has 0 saturated heterocycles. The molecule has 0 atom stereocenters. The van der Waals surface area contributed by atoms with Crippen LogP contribution in [0.2, 0.25) is 0 Å². The summed E-state index contributed by atoms with van der Waals surface area (Å²) in [6.07, 6.45) is 3.63. The molecule has 1 aromatic heterocycles. The van der Waals surface area contributed by atoms with Gasteiger partial charge >= 0.3 is 0 Å². The molecule has 0 N–H and O–H groups in total. The van der Waals surface area contributed by atoms with Crippen molar-refractivity contribution in [2.75, 3.05) is 6.54 Å². The van der Waals surface area contributed by atoms with Gasteiger partial charge in [-0.2, -0.15) is 0 Å². The normalized spacial score (nSPS) is 10.4. The molecule has 1 heterocycles.